The molecule has 0 saturated heterocycles. The Hall–Kier alpha value is -0.830. The fourth-order valence-electron chi connectivity index (χ4n) is 2.23. The predicted octanol–water partition coefficient (Wildman–Crippen LogP) is 5.39. The van der Waals surface area contributed by atoms with Gasteiger partial charge in [0, 0.05) is 15.5 Å². The maximum Gasteiger partial charge on any atom is 0.0409 e. The van der Waals surface area contributed by atoms with Crippen LogP contribution < -0.4 is 5.32 Å². The Morgan fingerprint density at radius 3 is 2.65 bits per heavy atom. The summed E-state index contributed by atoms with van der Waals surface area (Å²) in [5.74, 6) is 0. The third-order valence-electron chi connectivity index (χ3n) is 3.27. The molecule has 0 radical (unpaired) electrons. The van der Waals surface area contributed by atoms with Gasteiger partial charge < -0.3 is 5.32 Å². The summed E-state index contributed by atoms with van der Waals surface area (Å²) in [6, 6.07) is 16.8. The van der Waals surface area contributed by atoms with Crippen molar-refractivity contribution in [3.63, 3.8) is 0 Å². The lowest BCUT2D eigenvalue weighted by Crippen LogP contribution is -2.24. The number of halogens is 2. The average Bonchev–Trinajstić information content (AvgIpc) is 2.45. The van der Waals surface area contributed by atoms with E-state index < -0.39 is 0 Å². The topological polar surface area (TPSA) is 12.0 Å². The predicted molar refractivity (Wildman–Crippen MR) is 90.3 cm³/mol. The van der Waals surface area contributed by atoms with Crippen LogP contribution in [-0.2, 0) is 6.42 Å². The summed E-state index contributed by atoms with van der Waals surface area (Å²) in [6.07, 6.45) is 2.06. The van der Waals surface area contributed by atoms with Crippen LogP contribution in [0.5, 0.6) is 0 Å². The highest BCUT2D eigenvalue weighted by atomic mass is 79.9. The molecule has 0 aliphatic carbocycles. The first-order chi connectivity index (χ1) is 9.70. The molecule has 3 heteroatoms. The maximum absolute atomic E-state index is 6.12. The molecule has 1 unspecified atom stereocenters. The van der Waals surface area contributed by atoms with E-state index in [9.17, 15) is 0 Å². The second-order valence-corrected chi connectivity index (χ2v) is 6.15. The minimum Gasteiger partial charge on any atom is -0.310 e. The molecule has 2 aromatic rings. The molecule has 0 aromatic heterocycles. The molecule has 0 spiro atoms. The molecule has 0 heterocycles. The highest BCUT2D eigenvalue weighted by molar-refractivity contribution is 9.10. The van der Waals surface area contributed by atoms with E-state index in [1.807, 2.05) is 24.3 Å². The molecule has 106 valence electrons. The smallest absolute Gasteiger partial charge is 0.0409 e. The quantitative estimate of drug-likeness (QED) is 0.735. The molecule has 1 atom stereocenters. The zero-order valence-electron chi connectivity index (χ0n) is 11.6. The molecule has 1 N–H and O–H groups in total. The van der Waals surface area contributed by atoms with Gasteiger partial charge in [-0.25, -0.2) is 0 Å². The number of hydrogen-bond acceptors (Lipinski definition) is 1. The van der Waals surface area contributed by atoms with Crippen LogP contribution >= 0.6 is 27.5 Å². The lowest BCUT2D eigenvalue weighted by molar-refractivity contribution is 0.528. The zero-order valence-corrected chi connectivity index (χ0v) is 13.9. The summed E-state index contributed by atoms with van der Waals surface area (Å²) in [5.41, 5.74) is 2.54. The summed E-state index contributed by atoms with van der Waals surface area (Å²) < 4.78 is 1.16. The van der Waals surface area contributed by atoms with E-state index in [0.29, 0.717) is 0 Å². The Labute approximate surface area is 134 Å². The number of rotatable bonds is 6. The van der Waals surface area contributed by atoms with Crippen LogP contribution in [0.15, 0.2) is 53.0 Å². The van der Waals surface area contributed by atoms with Gasteiger partial charge in [0.15, 0.2) is 0 Å². The zero-order chi connectivity index (χ0) is 14.4. The van der Waals surface area contributed by atoms with Gasteiger partial charge in [-0.2, -0.15) is 0 Å². The fourth-order valence-corrected chi connectivity index (χ4v) is 2.88. The van der Waals surface area contributed by atoms with Crippen molar-refractivity contribution in [1.29, 1.82) is 0 Å². The summed E-state index contributed by atoms with van der Waals surface area (Å²) in [5, 5.41) is 4.40. The molecular formula is C17H19BrClN. The minimum absolute atomic E-state index is 0.285. The first-order valence-corrected chi connectivity index (χ1v) is 8.10. The van der Waals surface area contributed by atoms with E-state index >= 15 is 0 Å². The molecule has 2 rings (SSSR count). The monoisotopic (exact) mass is 351 g/mol. The molecule has 20 heavy (non-hydrogen) atoms. The van der Waals surface area contributed by atoms with Gasteiger partial charge in [0.25, 0.3) is 0 Å². The standard InChI is InChI=1S/C17H19BrClN/c1-2-10-20-17(14-7-5-8-15(19)11-14)12-13-6-3-4-9-16(13)18/h3-9,11,17,20H,2,10,12H2,1H3. The Kier molecular flexibility index (Phi) is 6.08. The molecule has 0 aliphatic heterocycles. The summed E-state index contributed by atoms with van der Waals surface area (Å²) >= 11 is 9.75. The van der Waals surface area contributed by atoms with E-state index in [1.165, 1.54) is 11.1 Å². The van der Waals surface area contributed by atoms with Crippen molar-refractivity contribution in [2.45, 2.75) is 25.8 Å². The number of nitrogens with one attached hydrogen (secondary N) is 1. The van der Waals surface area contributed by atoms with Crippen LogP contribution in [0.25, 0.3) is 0 Å². The Bertz CT molecular complexity index is 556. The van der Waals surface area contributed by atoms with Crippen molar-refractivity contribution >= 4 is 27.5 Å². The lowest BCUT2D eigenvalue weighted by Gasteiger charge is -2.20. The summed E-state index contributed by atoms with van der Waals surface area (Å²) in [6.45, 7) is 3.18. The van der Waals surface area contributed by atoms with Crippen LogP contribution in [0.4, 0.5) is 0 Å². The Balaban J connectivity index is 2.21. The largest absolute Gasteiger partial charge is 0.310 e. The van der Waals surface area contributed by atoms with Gasteiger partial charge in [-0.3, -0.25) is 0 Å². The Morgan fingerprint density at radius 1 is 1.15 bits per heavy atom. The highest BCUT2D eigenvalue weighted by Gasteiger charge is 2.13. The summed E-state index contributed by atoms with van der Waals surface area (Å²) in [7, 11) is 0. The van der Waals surface area contributed by atoms with E-state index in [4.69, 9.17) is 11.6 Å². The second-order valence-electron chi connectivity index (χ2n) is 4.86. The van der Waals surface area contributed by atoms with Crippen LogP contribution in [0.1, 0.15) is 30.5 Å². The molecule has 0 bridgehead atoms. The third kappa shape index (κ3) is 4.34. The normalized spacial score (nSPS) is 12.3. The van der Waals surface area contributed by atoms with Crippen LogP contribution in [0.2, 0.25) is 5.02 Å². The lowest BCUT2D eigenvalue weighted by atomic mass is 9.99. The minimum atomic E-state index is 0.285. The number of hydrogen-bond donors (Lipinski definition) is 1. The van der Waals surface area contributed by atoms with E-state index in [2.05, 4.69) is 52.4 Å². The molecule has 2 aromatic carbocycles. The SMILES string of the molecule is CCCNC(Cc1ccccc1Br)c1cccc(Cl)c1. The molecule has 0 amide bonds. The fraction of sp³-hybridized carbons (Fsp3) is 0.294. The molecule has 0 saturated carbocycles. The van der Waals surface area contributed by atoms with Crippen LogP contribution in [0.3, 0.4) is 0 Å². The first-order valence-electron chi connectivity index (χ1n) is 6.93. The van der Waals surface area contributed by atoms with Gasteiger partial charge in [0.05, 0.1) is 0 Å². The molecule has 0 aliphatic rings. The van der Waals surface area contributed by atoms with Crippen molar-refractivity contribution in [1.82, 2.24) is 5.32 Å². The molecule has 0 fully saturated rings. The van der Waals surface area contributed by atoms with E-state index in [-0.39, 0.29) is 6.04 Å². The van der Waals surface area contributed by atoms with E-state index in [1.54, 1.807) is 0 Å². The van der Waals surface area contributed by atoms with Crippen molar-refractivity contribution in [2.24, 2.45) is 0 Å². The Morgan fingerprint density at radius 2 is 1.95 bits per heavy atom. The van der Waals surface area contributed by atoms with Crippen molar-refractivity contribution in [2.75, 3.05) is 6.54 Å². The van der Waals surface area contributed by atoms with Gasteiger partial charge in [0.2, 0.25) is 0 Å². The van der Waals surface area contributed by atoms with Gasteiger partial charge >= 0.3 is 0 Å². The first kappa shape index (κ1) is 15.6. The highest BCUT2D eigenvalue weighted by Crippen LogP contribution is 2.25. The van der Waals surface area contributed by atoms with Crippen LogP contribution in [-0.4, -0.2) is 6.54 Å². The number of benzene rings is 2. The van der Waals surface area contributed by atoms with Gasteiger partial charge in [-0.1, -0.05) is 64.8 Å². The molecule has 1 nitrogen and oxygen atoms in total. The van der Waals surface area contributed by atoms with Gasteiger partial charge in [0.1, 0.15) is 0 Å². The average molecular weight is 353 g/mol. The van der Waals surface area contributed by atoms with Gasteiger partial charge in [-0.05, 0) is 48.7 Å². The molecular weight excluding hydrogens is 334 g/mol. The van der Waals surface area contributed by atoms with Crippen molar-refractivity contribution in [3.05, 3.63) is 69.2 Å². The summed E-state index contributed by atoms with van der Waals surface area (Å²) in [4.78, 5) is 0. The van der Waals surface area contributed by atoms with E-state index in [0.717, 1.165) is 28.9 Å². The maximum atomic E-state index is 6.12. The second kappa shape index (κ2) is 7.82. The van der Waals surface area contributed by atoms with Crippen LogP contribution in [0, 0.1) is 0 Å². The van der Waals surface area contributed by atoms with Crippen molar-refractivity contribution in [3.8, 4) is 0 Å². The van der Waals surface area contributed by atoms with Crippen molar-refractivity contribution < 1.29 is 0 Å². The third-order valence-corrected chi connectivity index (χ3v) is 4.28. The van der Waals surface area contributed by atoms with Gasteiger partial charge in [-0.15, -0.1) is 0 Å².